The smallest absolute Gasteiger partial charge is 0.162 e. The van der Waals surface area contributed by atoms with E-state index in [9.17, 15) is 4.79 Å². The summed E-state index contributed by atoms with van der Waals surface area (Å²) < 4.78 is 4.94. The molecular formula is C13H18O2. The number of ether oxygens (including phenoxy) is 1. The maximum atomic E-state index is 11.7. The summed E-state index contributed by atoms with van der Waals surface area (Å²) in [6.45, 7) is 2.74. The van der Waals surface area contributed by atoms with Crippen molar-refractivity contribution in [3.8, 4) is 0 Å². The van der Waals surface area contributed by atoms with Gasteiger partial charge in [-0.25, -0.2) is 0 Å². The zero-order chi connectivity index (χ0) is 11.1. The van der Waals surface area contributed by atoms with Gasteiger partial charge in [0.25, 0.3) is 0 Å². The summed E-state index contributed by atoms with van der Waals surface area (Å²) in [6, 6.07) is 7.75. The molecule has 15 heavy (non-hydrogen) atoms. The Hall–Kier alpha value is -1.15. The molecule has 0 fully saturated rings. The number of carbonyl (C=O) groups excluding carboxylic acids is 1. The molecule has 0 radical (unpaired) electrons. The first-order valence-electron chi connectivity index (χ1n) is 5.33. The van der Waals surface area contributed by atoms with E-state index in [0.717, 1.165) is 30.6 Å². The van der Waals surface area contributed by atoms with Crippen LogP contribution in [0.1, 0.15) is 35.2 Å². The van der Waals surface area contributed by atoms with Gasteiger partial charge < -0.3 is 4.74 Å². The van der Waals surface area contributed by atoms with Crippen LogP contribution in [0.3, 0.4) is 0 Å². The Bertz CT molecular complexity index is 318. The third-order valence-corrected chi connectivity index (χ3v) is 2.34. The molecule has 0 unspecified atom stereocenters. The number of ketones is 1. The molecule has 0 aliphatic heterocycles. The predicted octanol–water partition coefficient (Wildman–Crippen LogP) is 2.99. The van der Waals surface area contributed by atoms with Crippen molar-refractivity contribution in [2.45, 2.75) is 26.2 Å². The molecule has 0 saturated carbocycles. The van der Waals surface area contributed by atoms with Gasteiger partial charge in [-0.3, -0.25) is 4.79 Å². The Morgan fingerprint density at radius 2 is 2.13 bits per heavy atom. The highest BCUT2D eigenvalue weighted by Crippen LogP contribution is 2.09. The van der Waals surface area contributed by atoms with Crippen LogP contribution >= 0.6 is 0 Å². The first kappa shape index (κ1) is 11.9. The lowest BCUT2D eigenvalue weighted by molar-refractivity contribution is 0.0975. The fraction of sp³-hybridized carbons (Fsp3) is 0.462. The number of unbranched alkanes of at least 4 members (excludes halogenated alkanes) is 1. The van der Waals surface area contributed by atoms with Crippen LogP contribution in [0.4, 0.5) is 0 Å². The van der Waals surface area contributed by atoms with Gasteiger partial charge in [-0.05, 0) is 25.8 Å². The number of carbonyl (C=O) groups is 1. The molecule has 0 aliphatic rings. The molecule has 0 amide bonds. The quantitative estimate of drug-likeness (QED) is 0.528. The van der Waals surface area contributed by atoms with Crippen molar-refractivity contribution in [2.24, 2.45) is 0 Å². The summed E-state index contributed by atoms with van der Waals surface area (Å²) in [6.07, 6.45) is 2.47. The van der Waals surface area contributed by atoms with Crippen molar-refractivity contribution >= 4 is 5.78 Å². The first-order valence-corrected chi connectivity index (χ1v) is 5.33. The Morgan fingerprint density at radius 1 is 1.33 bits per heavy atom. The van der Waals surface area contributed by atoms with Crippen LogP contribution in [0.15, 0.2) is 24.3 Å². The molecule has 0 atom stereocenters. The molecule has 2 nitrogen and oxygen atoms in total. The van der Waals surface area contributed by atoms with Gasteiger partial charge in [0.1, 0.15) is 0 Å². The molecule has 0 bridgehead atoms. The summed E-state index contributed by atoms with van der Waals surface area (Å²) in [5.74, 6) is 0.231. The number of aryl methyl sites for hydroxylation is 1. The number of hydrogen-bond donors (Lipinski definition) is 0. The molecule has 2 heteroatoms. The summed E-state index contributed by atoms with van der Waals surface area (Å²) in [5, 5.41) is 0. The van der Waals surface area contributed by atoms with Gasteiger partial charge in [0, 0.05) is 25.7 Å². The third kappa shape index (κ3) is 4.26. The number of benzene rings is 1. The second-order valence-electron chi connectivity index (χ2n) is 3.74. The van der Waals surface area contributed by atoms with E-state index in [4.69, 9.17) is 4.74 Å². The molecule has 0 aromatic heterocycles. The van der Waals surface area contributed by atoms with E-state index in [2.05, 4.69) is 0 Å². The van der Waals surface area contributed by atoms with Crippen LogP contribution in [0.5, 0.6) is 0 Å². The molecule has 0 spiro atoms. The van der Waals surface area contributed by atoms with Gasteiger partial charge in [0.05, 0.1) is 0 Å². The lowest BCUT2D eigenvalue weighted by Crippen LogP contribution is -2.00. The molecule has 82 valence electrons. The standard InChI is InChI=1S/C13H18O2/c1-11-6-5-7-12(10-11)13(14)8-3-4-9-15-2/h5-7,10H,3-4,8-9H2,1-2H3. The van der Waals surface area contributed by atoms with Gasteiger partial charge in [0.15, 0.2) is 5.78 Å². The second kappa shape index (κ2) is 6.36. The molecule has 0 N–H and O–H groups in total. The fourth-order valence-electron chi connectivity index (χ4n) is 1.49. The molecular weight excluding hydrogens is 188 g/mol. The van der Waals surface area contributed by atoms with Gasteiger partial charge in [0.2, 0.25) is 0 Å². The number of hydrogen-bond acceptors (Lipinski definition) is 2. The second-order valence-corrected chi connectivity index (χ2v) is 3.74. The zero-order valence-corrected chi connectivity index (χ0v) is 9.45. The van der Waals surface area contributed by atoms with Crippen LogP contribution in [-0.4, -0.2) is 19.5 Å². The Morgan fingerprint density at radius 3 is 2.80 bits per heavy atom. The van der Waals surface area contributed by atoms with Gasteiger partial charge in [-0.2, -0.15) is 0 Å². The van der Waals surface area contributed by atoms with Crippen molar-refractivity contribution < 1.29 is 9.53 Å². The maximum absolute atomic E-state index is 11.7. The van der Waals surface area contributed by atoms with E-state index >= 15 is 0 Å². The Balaban J connectivity index is 2.40. The van der Waals surface area contributed by atoms with Crippen LogP contribution < -0.4 is 0 Å². The normalized spacial score (nSPS) is 10.3. The highest BCUT2D eigenvalue weighted by Gasteiger charge is 2.04. The lowest BCUT2D eigenvalue weighted by Gasteiger charge is -2.02. The minimum Gasteiger partial charge on any atom is -0.385 e. The van der Waals surface area contributed by atoms with Crippen LogP contribution in [0.2, 0.25) is 0 Å². The molecule has 0 aliphatic carbocycles. The molecule has 0 saturated heterocycles. The summed E-state index contributed by atoms with van der Waals surface area (Å²) in [4.78, 5) is 11.7. The minimum atomic E-state index is 0.231. The largest absolute Gasteiger partial charge is 0.385 e. The number of Topliss-reactive ketones (excluding diaryl/α,β-unsaturated/α-hetero) is 1. The highest BCUT2D eigenvalue weighted by atomic mass is 16.5. The monoisotopic (exact) mass is 206 g/mol. The van der Waals surface area contributed by atoms with Crippen molar-refractivity contribution in [3.63, 3.8) is 0 Å². The molecule has 1 rings (SSSR count). The summed E-state index contributed by atoms with van der Waals surface area (Å²) >= 11 is 0. The van der Waals surface area contributed by atoms with E-state index in [0.29, 0.717) is 6.42 Å². The van der Waals surface area contributed by atoms with Crippen molar-refractivity contribution in [1.82, 2.24) is 0 Å². The van der Waals surface area contributed by atoms with Crippen LogP contribution in [0.25, 0.3) is 0 Å². The minimum absolute atomic E-state index is 0.231. The zero-order valence-electron chi connectivity index (χ0n) is 9.45. The van der Waals surface area contributed by atoms with Crippen LogP contribution in [0, 0.1) is 6.92 Å². The molecule has 1 aromatic carbocycles. The van der Waals surface area contributed by atoms with Crippen molar-refractivity contribution in [2.75, 3.05) is 13.7 Å². The van der Waals surface area contributed by atoms with E-state index in [1.807, 2.05) is 31.2 Å². The SMILES string of the molecule is COCCCCC(=O)c1cccc(C)c1. The van der Waals surface area contributed by atoms with Gasteiger partial charge in [-0.1, -0.05) is 23.8 Å². The van der Waals surface area contributed by atoms with Gasteiger partial charge in [-0.15, -0.1) is 0 Å². The highest BCUT2D eigenvalue weighted by molar-refractivity contribution is 5.96. The van der Waals surface area contributed by atoms with Crippen molar-refractivity contribution in [3.05, 3.63) is 35.4 Å². The topological polar surface area (TPSA) is 26.3 Å². The predicted molar refractivity (Wildman–Crippen MR) is 61.2 cm³/mol. The van der Waals surface area contributed by atoms with E-state index in [1.54, 1.807) is 7.11 Å². The van der Waals surface area contributed by atoms with Crippen LogP contribution in [-0.2, 0) is 4.74 Å². The third-order valence-electron chi connectivity index (χ3n) is 2.34. The number of methoxy groups -OCH3 is 1. The van der Waals surface area contributed by atoms with Crippen molar-refractivity contribution in [1.29, 1.82) is 0 Å². The maximum Gasteiger partial charge on any atom is 0.162 e. The first-order chi connectivity index (χ1) is 7.24. The molecule has 0 heterocycles. The Labute approximate surface area is 91.3 Å². The van der Waals surface area contributed by atoms with E-state index in [-0.39, 0.29) is 5.78 Å². The van der Waals surface area contributed by atoms with Gasteiger partial charge >= 0.3 is 0 Å². The lowest BCUT2D eigenvalue weighted by atomic mass is 10.0. The average molecular weight is 206 g/mol. The molecule has 1 aromatic rings. The summed E-state index contributed by atoms with van der Waals surface area (Å²) in [7, 11) is 1.68. The number of rotatable bonds is 6. The average Bonchev–Trinajstić information content (AvgIpc) is 2.24. The summed E-state index contributed by atoms with van der Waals surface area (Å²) in [5.41, 5.74) is 1.96. The van der Waals surface area contributed by atoms with E-state index in [1.165, 1.54) is 0 Å². The fourth-order valence-corrected chi connectivity index (χ4v) is 1.49. The Kier molecular flexibility index (Phi) is 5.05. The van der Waals surface area contributed by atoms with E-state index < -0.39 is 0 Å².